The summed E-state index contributed by atoms with van der Waals surface area (Å²) in [5.41, 5.74) is 6.74. The van der Waals surface area contributed by atoms with E-state index in [1.165, 1.54) is 0 Å². The Balaban J connectivity index is 1.34. The van der Waals surface area contributed by atoms with E-state index in [2.05, 4.69) is 67.3 Å². The molecule has 0 bridgehead atoms. The maximum Gasteiger partial charge on any atom is 0.237 e. The monoisotopic (exact) mass is 575 g/mol. The number of likely N-dealkylation sites (tertiary alicyclic amines) is 1. The fourth-order valence-electron chi connectivity index (χ4n) is 7.36. The molecule has 0 aliphatic carbocycles. The Bertz CT molecular complexity index is 2040. The molecule has 2 aliphatic rings. The standard InChI is InChI=1S/C31H33N11O/c1-30(2,28-33-17-34-38-28)42-10-8-31(9-11-42)25-22(40(4)29(31)43)15-32-27-24(25)23(26(37-27)20-14-35-39(3)16-20)18-6-7-21-19(12-18)13-36-41(21)5/h6-7,12-17H,8-11H2,1-5H3,(H,32,37)(H,33,34,38). The molecule has 1 saturated heterocycles. The van der Waals surface area contributed by atoms with Gasteiger partial charge in [0.25, 0.3) is 0 Å². The number of benzene rings is 1. The molecule has 1 spiro atoms. The lowest BCUT2D eigenvalue weighted by Gasteiger charge is -2.45. The molecule has 6 aromatic rings. The van der Waals surface area contributed by atoms with Crippen molar-refractivity contribution in [2.24, 2.45) is 14.1 Å². The number of likely N-dealkylation sites (N-methyl/N-ethyl adjacent to an activating group) is 1. The van der Waals surface area contributed by atoms with Crippen molar-refractivity contribution in [3.8, 4) is 22.4 Å². The second-order valence-corrected chi connectivity index (χ2v) is 12.4. The van der Waals surface area contributed by atoms with Gasteiger partial charge in [-0.2, -0.15) is 15.3 Å². The topological polar surface area (TPSA) is 129 Å². The zero-order valence-electron chi connectivity index (χ0n) is 24.9. The summed E-state index contributed by atoms with van der Waals surface area (Å²) in [5.74, 6) is 0.955. The van der Waals surface area contributed by atoms with Crippen LogP contribution in [0.5, 0.6) is 0 Å². The fraction of sp³-hybridized carbons (Fsp3) is 0.355. The Kier molecular flexibility index (Phi) is 5.31. The van der Waals surface area contributed by atoms with Crippen LogP contribution in [0.3, 0.4) is 0 Å². The van der Waals surface area contributed by atoms with Gasteiger partial charge in [0.1, 0.15) is 17.8 Å². The molecule has 0 atom stereocenters. The summed E-state index contributed by atoms with van der Waals surface area (Å²) in [5, 5.41) is 18.1. The maximum absolute atomic E-state index is 14.3. The van der Waals surface area contributed by atoms with Crippen molar-refractivity contribution in [2.45, 2.75) is 37.6 Å². The van der Waals surface area contributed by atoms with Gasteiger partial charge >= 0.3 is 0 Å². The van der Waals surface area contributed by atoms with Crippen LogP contribution in [0.15, 0.2) is 49.3 Å². The van der Waals surface area contributed by atoms with Crippen LogP contribution in [0, 0.1) is 0 Å². The third-order valence-electron chi connectivity index (χ3n) is 9.79. The predicted octanol–water partition coefficient (Wildman–Crippen LogP) is 3.88. The number of aromatic nitrogens is 9. The number of amides is 1. The van der Waals surface area contributed by atoms with E-state index in [0.717, 1.165) is 74.5 Å². The summed E-state index contributed by atoms with van der Waals surface area (Å²) in [6, 6.07) is 6.43. The quantitative estimate of drug-likeness (QED) is 0.326. The van der Waals surface area contributed by atoms with Crippen LogP contribution in [0.4, 0.5) is 5.69 Å². The number of aryl methyl sites for hydroxylation is 2. The third-order valence-corrected chi connectivity index (χ3v) is 9.79. The van der Waals surface area contributed by atoms with Crippen molar-refractivity contribution < 1.29 is 4.79 Å². The number of aromatic amines is 2. The highest BCUT2D eigenvalue weighted by Crippen LogP contribution is 2.54. The van der Waals surface area contributed by atoms with Gasteiger partial charge < -0.3 is 9.88 Å². The molecule has 0 unspecified atom stereocenters. The van der Waals surface area contributed by atoms with Crippen LogP contribution < -0.4 is 4.90 Å². The Morgan fingerprint density at radius 3 is 2.51 bits per heavy atom. The van der Waals surface area contributed by atoms with Gasteiger partial charge in [-0.25, -0.2) is 9.97 Å². The molecule has 0 radical (unpaired) electrons. The predicted molar refractivity (Wildman–Crippen MR) is 163 cm³/mol. The number of pyridine rings is 1. The third kappa shape index (κ3) is 3.52. The molecule has 12 nitrogen and oxygen atoms in total. The molecule has 1 aromatic carbocycles. The van der Waals surface area contributed by atoms with Crippen LogP contribution in [0.25, 0.3) is 44.3 Å². The number of rotatable bonds is 4. The first-order chi connectivity index (χ1) is 20.7. The minimum absolute atomic E-state index is 0.131. The van der Waals surface area contributed by atoms with Gasteiger partial charge in [-0.1, -0.05) is 6.07 Å². The molecule has 2 N–H and O–H groups in total. The maximum atomic E-state index is 14.3. The molecule has 2 aliphatic heterocycles. The molecule has 218 valence electrons. The first-order valence-corrected chi connectivity index (χ1v) is 14.5. The van der Waals surface area contributed by atoms with Crippen LogP contribution in [0.2, 0.25) is 0 Å². The fourth-order valence-corrected chi connectivity index (χ4v) is 7.36. The number of nitrogens with zero attached hydrogens (tertiary/aromatic N) is 9. The molecule has 43 heavy (non-hydrogen) atoms. The Hall–Kier alpha value is -4.84. The van der Waals surface area contributed by atoms with E-state index >= 15 is 0 Å². The summed E-state index contributed by atoms with van der Waals surface area (Å²) in [7, 11) is 5.75. The highest BCUT2D eigenvalue weighted by atomic mass is 16.2. The van der Waals surface area contributed by atoms with Gasteiger partial charge in [-0.05, 0) is 44.4 Å². The largest absolute Gasteiger partial charge is 0.339 e. The average Bonchev–Trinajstić information content (AvgIpc) is 3.84. The lowest BCUT2D eigenvalue weighted by molar-refractivity contribution is -0.125. The Labute approximate surface area is 247 Å². The number of carbonyl (C=O) groups excluding carboxylic acids is 1. The number of nitrogens with one attached hydrogen (secondary N) is 2. The lowest BCUT2D eigenvalue weighted by Crippen LogP contribution is -2.53. The van der Waals surface area contributed by atoms with Crippen LogP contribution in [-0.4, -0.2) is 75.7 Å². The molecule has 1 fully saturated rings. The van der Waals surface area contributed by atoms with Crippen molar-refractivity contribution in [1.82, 2.24) is 49.6 Å². The summed E-state index contributed by atoms with van der Waals surface area (Å²) >= 11 is 0. The number of anilines is 1. The van der Waals surface area contributed by atoms with Gasteiger partial charge in [0.15, 0.2) is 0 Å². The van der Waals surface area contributed by atoms with Gasteiger partial charge in [-0.15, -0.1) is 0 Å². The molecule has 0 saturated carbocycles. The summed E-state index contributed by atoms with van der Waals surface area (Å²) in [6.07, 6.45) is 10.6. The highest BCUT2D eigenvalue weighted by molar-refractivity contribution is 6.16. The number of H-pyrrole nitrogens is 2. The Morgan fingerprint density at radius 2 is 1.79 bits per heavy atom. The molecular weight excluding hydrogens is 542 g/mol. The number of carbonyl (C=O) groups is 1. The molecule has 1 amide bonds. The van der Waals surface area contributed by atoms with Crippen LogP contribution in [0.1, 0.15) is 38.1 Å². The first-order valence-electron chi connectivity index (χ1n) is 14.5. The second kappa shape index (κ2) is 8.83. The van der Waals surface area contributed by atoms with E-state index in [-0.39, 0.29) is 11.4 Å². The average molecular weight is 576 g/mol. The highest BCUT2D eigenvalue weighted by Gasteiger charge is 2.54. The van der Waals surface area contributed by atoms with E-state index in [4.69, 9.17) is 4.98 Å². The minimum Gasteiger partial charge on any atom is -0.339 e. The molecular formula is C31H33N11O. The number of hydrogen-bond acceptors (Lipinski definition) is 7. The van der Waals surface area contributed by atoms with Crippen molar-refractivity contribution in [3.63, 3.8) is 0 Å². The molecule has 5 aromatic heterocycles. The molecule has 12 heteroatoms. The van der Waals surface area contributed by atoms with Gasteiger partial charge in [0.05, 0.1) is 46.4 Å². The number of piperidine rings is 1. The van der Waals surface area contributed by atoms with Gasteiger partial charge in [0, 0.05) is 67.9 Å². The van der Waals surface area contributed by atoms with Crippen molar-refractivity contribution in [3.05, 3.63) is 60.7 Å². The van der Waals surface area contributed by atoms with E-state index in [1.54, 1.807) is 11.0 Å². The smallest absolute Gasteiger partial charge is 0.237 e. The number of hydrogen-bond donors (Lipinski definition) is 2. The number of fused-ring (bicyclic) bond motifs is 5. The summed E-state index contributed by atoms with van der Waals surface area (Å²) < 4.78 is 3.68. The van der Waals surface area contributed by atoms with E-state index in [0.29, 0.717) is 12.8 Å². The summed E-state index contributed by atoms with van der Waals surface area (Å²) in [4.78, 5) is 31.5. The first kappa shape index (κ1) is 25.8. The molecule has 8 rings (SSSR count). The Morgan fingerprint density at radius 1 is 0.977 bits per heavy atom. The minimum atomic E-state index is -0.666. The zero-order chi connectivity index (χ0) is 29.7. The zero-order valence-corrected chi connectivity index (χ0v) is 24.9. The normalized spacial score (nSPS) is 17.1. The van der Waals surface area contributed by atoms with Crippen molar-refractivity contribution in [2.75, 3.05) is 25.0 Å². The van der Waals surface area contributed by atoms with Gasteiger partial charge in [-0.3, -0.25) is 24.2 Å². The van der Waals surface area contributed by atoms with E-state index in [9.17, 15) is 4.79 Å². The van der Waals surface area contributed by atoms with Crippen molar-refractivity contribution >= 4 is 33.5 Å². The second-order valence-electron chi connectivity index (χ2n) is 12.4. The molecule has 7 heterocycles. The lowest BCUT2D eigenvalue weighted by atomic mass is 9.71. The van der Waals surface area contributed by atoms with Gasteiger partial charge in [0.2, 0.25) is 5.91 Å². The van der Waals surface area contributed by atoms with Crippen molar-refractivity contribution in [1.29, 1.82) is 0 Å². The van der Waals surface area contributed by atoms with E-state index in [1.807, 2.05) is 55.5 Å². The van der Waals surface area contributed by atoms with Crippen LogP contribution in [-0.2, 0) is 29.8 Å². The SMILES string of the molecule is CN1C(=O)C2(CCN(C(C)(C)c3ncn[nH]3)CC2)c2c1cnc1[nH]c(-c3cnn(C)c3)c(-c3ccc4c(cnn4C)c3)c21. The van der Waals surface area contributed by atoms with Crippen LogP contribution >= 0.6 is 0 Å². The summed E-state index contributed by atoms with van der Waals surface area (Å²) in [6.45, 7) is 5.80. The van der Waals surface area contributed by atoms with E-state index < -0.39 is 5.41 Å².